The molecule has 0 aliphatic rings. The molecule has 0 aromatic heterocycles. The lowest BCUT2D eigenvalue weighted by Crippen LogP contribution is -2.39. The Morgan fingerprint density at radius 2 is 1.90 bits per heavy atom. The normalized spacial score (nSPS) is 14.4. The highest BCUT2D eigenvalue weighted by atomic mass is 35.5. The van der Waals surface area contributed by atoms with Crippen LogP contribution in [0.4, 0.5) is 0 Å². The monoisotopic (exact) mass is 312 g/mol. The molecule has 1 rings (SSSR count). The summed E-state index contributed by atoms with van der Waals surface area (Å²) in [6.07, 6.45) is 1.07. The maximum Gasteiger partial charge on any atom is 0.0477 e. The van der Waals surface area contributed by atoms with Crippen molar-refractivity contribution in [2.24, 2.45) is 0 Å². The van der Waals surface area contributed by atoms with Crippen LogP contribution in [0.1, 0.15) is 38.8 Å². The molecule has 0 heterocycles. The molecular formula is C17H29ClN2O. The minimum Gasteiger partial charge on any atom is -0.382 e. The van der Waals surface area contributed by atoms with Gasteiger partial charge in [0.25, 0.3) is 0 Å². The van der Waals surface area contributed by atoms with Crippen molar-refractivity contribution in [3.63, 3.8) is 0 Å². The average Bonchev–Trinajstić information content (AvgIpc) is 2.49. The van der Waals surface area contributed by atoms with Gasteiger partial charge in [-0.1, -0.05) is 23.7 Å². The zero-order valence-electron chi connectivity index (χ0n) is 13.7. The van der Waals surface area contributed by atoms with Crippen LogP contribution in [0, 0.1) is 0 Å². The van der Waals surface area contributed by atoms with Gasteiger partial charge in [0.2, 0.25) is 0 Å². The van der Waals surface area contributed by atoms with E-state index in [-0.39, 0.29) is 0 Å². The summed E-state index contributed by atoms with van der Waals surface area (Å²) in [6, 6.07) is 8.97. The van der Waals surface area contributed by atoms with Crippen LogP contribution >= 0.6 is 11.6 Å². The Balaban J connectivity index is 2.32. The number of halogens is 1. The summed E-state index contributed by atoms with van der Waals surface area (Å²) in [5, 5.41) is 4.29. The number of nitrogens with zero attached hydrogens (tertiary/aromatic N) is 1. The molecule has 21 heavy (non-hydrogen) atoms. The van der Waals surface area contributed by atoms with Crippen LogP contribution < -0.4 is 5.32 Å². The van der Waals surface area contributed by atoms with Gasteiger partial charge in [-0.15, -0.1) is 0 Å². The molecule has 1 N–H and O–H groups in total. The highest BCUT2D eigenvalue weighted by Gasteiger charge is 2.16. The third kappa shape index (κ3) is 6.79. The van der Waals surface area contributed by atoms with E-state index in [4.69, 9.17) is 16.3 Å². The van der Waals surface area contributed by atoms with Crippen molar-refractivity contribution in [2.45, 2.75) is 39.3 Å². The van der Waals surface area contributed by atoms with E-state index in [1.165, 1.54) is 5.56 Å². The predicted octanol–water partition coefficient (Wildman–Crippen LogP) is 3.74. The second kappa shape index (κ2) is 10.2. The summed E-state index contributed by atoms with van der Waals surface area (Å²) in [5.74, 6) is 0. The quantitative estimate of drug-likeness (QED) is 0.666. The Kier molecular flexibility index (Phi) is 8.93. The van der Waals surface area contributed by atoms with Gasteiger partial charge in [-0.05, 0) is 58.5 Å². The molecule has 0 bridgehead atoms. The number of hydrogen-bond donors (Lipinski definition) is 1. The standard InChI is InChI=1S/C17H29ClN2O/c1-5-21-12-6-11-19-13-14(2)20(4)15(3)16-7-9-17(18)10-8-16/h7-10,14-15,19H,5-6,11-13H2,1-4H3. The lowest BCUT2D eigenvalue weighted by atomic mass is 10.1. The van der Waals surface area contributed by atoms with Crippen LogP contribution in [0.15, 0.2) is 24.3 Å². The second-order valence-corrected chi connectivity index (χ2v) is 5.93. The average molecular weight is 313 g/mol. The van der Waals surface area contributed by atoms with Crippen LogP contribution in [-0.2, 0) is 4.74 Å². The minimum absolute atomic E-state index is 0.377. The van der Waals surface area contributed by atoms with E-state index in [0.717, 1.165) is 37.7 Å². The smallest absolute Gasteiger partial charge is 0.0477 e. The number of nitrogens with one attached hydrogen (secondary N) is 1. The first-order valence-corrected chi connectivity index (χ1v) is 8.20. The lowest BCUT2D eigenvalue weighted by molar-refractivity contribution is 0.143. The summed E-state index contributed by atoms with van der Waals surface area (Å²) in [7, 11) is 2.17. The number of ether oxygens (including phenoxy) is 1. The zero-order chi connectivity index (χ0) is 15.7. The fourth-order valence-corrected chi connectivity index (χ4v) is 2.38. The van der Waals surface area contributed by atoms with Crippen molar-refractivity contribution >= 4 is 11.6 Å². The molecule has 1 aromatic carbocycles. The molecule has 0 amide bonds. The van der Waals surface area contributed by atoms with Gasteiger partial charge in [0, 0.05) is 36.9 Å². The maximum atomic E-state index is 5.95. The third-order valence-corrected chi connectivity index (χ3v) is 4.20. The Hall–Kier alpha value is -0.610. The lowest BCUT2D eigenvalue weighted by Gasteiger charge is -2.31. The third-order valence-electron chi connectivity index (χ3n) is 3.94. The van der Waals surface area contributed by atoms with Crippen molar-refractivity contribution < 1.29 is 4.74 Å². The topological polar surface area (TPSA) is 24.5 Å². The van der Waals surface area contributed by atoms with Gasteiger partial charge in [-0.3, -0.25) is 4.90 Å². The van der Waals surface area contributed by atoms with Gasteiger partial charge in [-0.2, -0.15) is 0 Å². The highest BCUT2D eigenvalue weighted by molar-refractivity contribution is 6.30. The molecule has 3 nitrogen and oxygen atoms in total. The summed E-state index contributed by atoms with van der Waals surface area (Å²) in [4.78, 5) is 2.39. The Morgan fingerprint density at radius 1 is 1.24 bits per heavy atom. The molecule has 0 aliphatic carbocycles. The van der Waals surface area contributed by atoms with Gasteiger partial charge in [0.15, 0.2) is 0 Å². The maximum absolute atomic E-state index is 5.95. The molecule has 0 fully saturated rings. The van der Waals surface area contributed by atoms with Gasteiger partial charge < -0.3 is 10.1 Å². The fraction of sp³-hybridized carbons (Fsp3) is 0.647. The van der Waals surface area contributed by atoms with Crippen LogP contribution in [0.3, 0.4) is 0 Å². The van der Waals surface area contributed by atoms with Crippen molar-refractivity contribution in [3.8, 4) is 0 Å². The number of rotatable bonds is 10. The minimum atomic E-state index is 0.377. The first kappa shape index (κ1) is 18.4. The molecule has 1 aromatic rings. The first-order chi connectivity index (χ1) is 10.1. The largest absolute Gasteiger partial charge is 0.382 e. The van der Waals surface area contributed by atoms with Crippen molar-refractivity contribution in [1.82, 2.24) is 10.2 Å². The molecular weight excluding hydrogens is 284 g/mol. The van der Waals surface area contributed by atoms with Gasteiger partial charge in [-0.25, -0.2) is 0 Å². The fourth-order valence-electron chi connectivity index (χ4n) is 2.26. The van der Waals surface area contributed by atoms with Crippen molar-refractivity contribution in [3.05, 3.63) is 34.9 Å². The Bertz CT molecular complexity index is 383. The predicted molar refractivity (Wildman–Crippen MR) is 91.1 cm³/mol. The van der Waals surface area contributed by atoms with Gasteiger partial charge in [0.05, 0.1) is 0 Å². The van der Waals surface area contributed by atoms with E-state index in [0.29, 0.717) is 12.1 Å². The van der Waals surface area contributed by atoms with Crippen LogP contribution in [0.2, 0.25) is 5.02 Å². The number of hydrogen-bond acceptors (Lipinski definition) is 3. The van der Waals surface area contributed by atoms with E-state index >= 15 is 0 Å². The van der Waals surface area contributed by atoms with Gasteiger partial charge in [0.1, 0.15) is 0 Å². The summed E-state index contributed by atoms with van der Waals surface area (Å²) in [5.41, 5.74) is 1.30. The Morgan fingerprint density at radius 3 is 2.52 bits per heavy atom. The van der Waals surface area contributed by atoms with E-state index < -0.39 is 0 Å². The molecule has 120 valence electrons. The first-order valence-electron chi connectivity index (χ1n) is 7.82. The summed E-state index contributed by atoms with van der Waals surface area (Å²) < 4.78 is 5.33. The number of benzene rings is 1. The Labute approximate surface area is 134 Å². The highest BCUT2D eigenvalue weighted by Crippen LogP contribution is 2.22. The molecule has 0 aliphatic heterocycles. The second-order valence-electron chi connectivity index (χ2n) is 5.50. The molecule has 4 heteroatoms. The van der Waals surface area contributed by atoms with Crippen LogP contribution in [0.25, 0.3) is 0 Å². The molecule has 0 radical (unpaired) electrons. The molecule has 2 atom stereocenters. The van der Waals surface area contributed by atoms with Crippen LogP contribution in [-0.4, -0.2) is 44.3 Å². The molecule has 2 unspecified atom stereocenters. The van der Waals surface area contributed by atoms with E-state index in [1.54, 1.807) is 0 Å². The van der Waals surface area contributed by atoms with E-state index in [1.807, 2.05) is 19.1 Å². The van der Waals surface area contributed by atoms with E-state index in [9.17, 15) is 0 Å². The van der Waals surface area contributed by atoms with Crippen LogP contribution in [0.5, 0.6) is 0 Å². The molecule has 0 spiro atoms. The zero-order valence-corrected chi connectivity index (χ0v) is 14.5. The summed E-state index contributed by atoms with van der Waals surface area (Å²) >= 11 is 5.95. The molecule has 0 saturated carbocycles. The van der Waals surface area contributed by atoms with Crippen molar-refractivity contribution in [1.29, 1.82) is 0 Å². The summed E-state index contributed by atoms with van der Waals surface area (Å²) in [6.45, 7) is 10.2. The van der Waals surface area contributed by atoms with Gasteiger partial charge >= 0.3 is 0 Å². The van der Waals surface area contributed by atoms with Crippen molar-refractivity contribution in [2.75, 3.05) is 33.4 Å². The number of likely N-dealkylation sites (N-methyl/N-ethyl adjacent to an activating group) is 1. The molecule has 0 saturated heterocycles. The van der Waals surface area contributed by atoms with E-state index in [2.05, 4.69) is 43.2 Å². The SMILES string of the molecule is CCOCCCNCC(C)N(C)C(C)c1ccc(Cl)cc1.